The molecule has 1 aliphatic heterocycles. The van der Waals surface area contributed by atoms with Crippen LogP contribution >= 0.6 is 0 Å². The molecule has 1 aromatic rings. The number of furan rings is 1. The zero-order chi connectivity index (χ0) is 16.1. The lowest BCUT2D eigenvalue weighted by Gasteiger charge is -2.32. The first-order valence-corrected chi connectivity index (χ1v) is 7.41. The number of carbonyl (C=O) groups is 3. The van der Waals surface area contributed by atoms with E-state index < -0.39 is 5.97 Å². The average molecular weight is 308 g/mol. The van der Waals surface area contributed by atoms with Gasteiger partial charge in [0.2, 0.25) is 5.91 Å². The molecule has 0 bridgehead atoms. The number of nitrogens with zero attached hydrogens (tertiary/aromatic N) is 1. The van der Waals surface area contributed by atoms with Crippen LogP contribution < -0.4 is 5.32 Å². The van der Waals surface area contributed by atoms with E-state index >= 15 is 0 Å². The molecule has 1 aliphatic rings. The molecule has 22 heavy (non-hydrogen) atoms. The zero-order valence-electron chi connectivity index (χ0n) is 12.5. The highest BCUT2D eigenvalue weighted by Gasteiger charge is 2.27. The van der Waals surface area contributed by atoms with Crippen molar-refractivity contribution in [3.63, 3.8) is 0 Å². The molecular weight excluding hydrogens is 288 g/mol. The Balaban J connectivity index is 1.97. The Morgan fingerprint density at radius 3 is 2.86 bits per heavy atom. The van der Waals surface area contributed by atoms with Crippen molar-refractivity contribution < 1.29 is 23.9 Å². The molecule has 2 amide bonds. The van der Waals surface area contributed by atoms with Gasteiger partial charge in [0.05, 0.1) is 5.56 Å². The van der Waals surface area contributed by atoms with Crippen LogP contribution in [0, 0.1) is 0 Å². The highest BCUT2D eigenvalue weighted by Crippen LogP contribution is 2.16. The summed E-state index contributed by atoms with van der Waals surface area (Å²) in [5.74, 6) is -1.47. The van der Waals surface area contributed by atoms with Crippen molar-refractivity contribution in [2.75, 3.05) is 13.1 Å². The zero-order valence-corrected chi connectivity index (χ0v) is 12.5. The third kappa shape index (κ3) is 3.87. The quantitative estimate of drug-likeness (QED) is 0.858. The number of amides is 2. The van der Waals surface area contributed by atoms with Crippen LogP contribution in [0.3, 0.4) is 0 Å². The van der Waals surface area contributed by atoms with Crippen LogP contribution in [0.2, 0.25) is 0 Å². The maximum Gasteiger partial charge on any atom is 0.338 e. The molecule has 0 aliphatic carbocycles. The molecule has 0 spiro atoms. The minimum absolute atomic E-state index is 0.00652. The largest absolute Gasteiger partial charge is 0.478 e. The summed E-state index contributed by atoms with van der Waals surface area (Å²) >= 11 is 0. The van der Waals surface area contributed by atoms with Crippen molar-refractivity contribution in [1.82, 2.24) is 10.2 Å². The number of carbonyl (C=O) groups excluding carboxylic acids is 2. The van der Waals surface area contributed by atoms with E-state index in [9.17, 15) is 14.4 Å². The van der Waals surface area contributed by atoms with E-state index in [0.29, 0.717) is 19.5 Å². The van der Waals surface area contributed by atoms with Gasteiger partial charge in [-0.15, -0.1) is 0 Å². The van der Waals surface area contributed by atoms with Crippen LogP contribution in [0.5, 0.6) is 0 Å². The maximum atomic E-state index is 12.3. The Hall–Kier alpha value is -2.31. The summed E-state index contributed by atoms with van der Waals surface area (Å²) in [5.41, 5.74) is -0.0480. The van der Waals surface area contributed by atoms with Gasteiger partial charge in [-0.25, -0.2) is 4.79 Å². The fourth-order valence-corrected chi connectivity index (χ4v) is 2.52. The Bertz CT molecular complexity index is 566. The van der Waals surface area contributed by atoms with Gasteiger partial charge in [-0.2, -0.15) is 0 Å². The molecule has 0 saturated carbocycles. The summed E-state index contributed by atoms with van der Waals surface area (Å²) < 4.78 is 5.04. The van der Waals surface area contributed by atoms with E-state index in [0.717, 1.165) is 25.5 Å². The topological polar surface area (TPSA) is 99.9 Å². The summed E-state index contributed by atoms with van der Waals surface area (Å²) in [6.45, 7) is 2.92. The summed E-state index contributed by atoms with van der Waals surface area (Å²) in [6, 6.07) is 1.16. The second-order valence-corrected chi connectivity index (χ2v) is 5.41. The first kappa shape index (κ1) is 16.1. The van der Waals surface area contributed by atoms with Crippen molar-refractivity contribution in [3.05, 3.63) is 23.7 Å². The van der Waals surface area contributed by atoms with Crippen molar-refractivity contribution in [1.29, 1.82) is 0 Å². The lowest BCUT2D eigenvalue weighted by atomic mass is 10.0. The van der Waals surface area contributed by atoms with Crippen LogP contribution in [-0.2, 0) is 4.79 Å². The van der Waals surface area contributed by atoms with Crippen molar-refractivity contribution in [2.24, 2.45) is 0 Å². The van der Waals surface area contributed by atoms with Crippen LogP contribution in [0.25, 0.3) is 0 Å². The highest BCUT2D eigenvalue weighted by molar-refractivity contribution is 5.95. The third-order valence-electron chi connectivity index (χ3n) is 3.61. The predicted octanol–water partition coefficient (Wildman–Crippen LogP) is 1.50. The van der Waals surface area contributed by atoms with Gasteiger partial charge in [-0.05, 0) is 19.3 Å². The Morgan fingerprint density at radius 1 is 1.45 bits per heavy atom. The van der Waals surface area contributed by atoms with Crippen molar-refractivity contribution >= 4 is 17.8 Å². The van der Waals surface area contributed by atoms with Gasteiger partial charge in [0.15, 0.2) is 5.76 Å². The molecule has 2 rings (SSSR count). The third-order valence-corrected chi connectivity index (χ3v) is 3.61. The Labute approximate surface area is 128 Å². The first-order valence-electron chi connectivity index (χ1n) is 7.41. The van der Waals surface area contributed by atoms with Crippen molar-refractivity contribution in [2.45, 2.75) is 38.6 Å². The number of carboxylic acids is 1. The summed E-state index contributed by atoms with van der Waals surface area (Å²) in [6.07, 6.45) is 3.93. The second-order valence-electron chi connectivity index (χ2n) is 5.41. The van der Waals surface area contributed by atoms with E-state index in [-0.39, 0.29) is 29.2 Å². The number of carboxylic acid groups (broad SMARTS) is 1. The van der Waals surface area contributed by atoms with Crippen molar-refractivity contribution in [3.8, 4) is 0 Å². The fourth-order valence-electron chi connectivity index (χ4n) is 2.52. The minimum atomic E-state index is -1.13. The number of rotatable bonds is 5. The molecule has 1 fully saturated rings. The second kappa shape index (κ2) is 7.11. The lowest BCUT2D eigenvalue weighted by molar-refractivity contribution is -0.122. The molecule has 2 heterocycles. The van der Waals surface area contributed by atoms with Crippen LogP contribution in [0.4, 0.5) is 0 Å². The summed E-state index contributed by atoms with van der Waals surface area (Å²) in [5, 5.41) is 11.8. The number of piperidine rings is 1. The van der Waals surface area contributed by atoms with Gasteiger partial charge in [0, 0.05) is 31.6 Å². The molecule has 120 valence electrons. The fraction of sp³-hybridized carbons (Fsp3) is 0.533. The number of nitrogens with one attached hydrogen (secondary N) is 1. The van der Waals surface area contributed by atoms with Crippen LogP contribution in [0.15, 0.2) is 16.7 Å². The molecule has 0 aromatic carbocycles. The minimum Gasteiger partial charge on any atom is -0.478 e. The molecular formula is C15H20N2O5. The highest BCUT2D eigenvalue weighted by atomic mass is 16.4. The summed E-state index contributed by atoms with van der Waals surface area (Å²) in [4.78, 5) is 36.4. The molecule has 1 atom stereocenters. The number of hydrogen-bond acceptors (Lipinski definition) is 4. The van der Waals surface area contributed by atoms with Gasteiger partial charge in [-0.1, -0.05) is 6.92 Å². The first-order chi connectivity index (χ1) is 10.5. The molecule has 1 aromatic heterocycles. The van der Waals surface area contributed by atoms with E-state index in [1.165, 1.54) is 6.07 Å². The standard InChI is InChI=1S/C15H20N2O5/c1-2-4-13(18)16-11-5-3-6-17(8-11)14(19)12-7-10(9-22-12)15(20)21/h7,9,11H,2-6,8H2,1H3,(H,16,18)(H,20,21). The van der Waals surface area contributed by atoms with E-state index in [1.807, 2.05) is 6.92 Å². The number of aromatic carboxylic acids is 1. The van der Waals surface area contributed by atoms with E-state index in [2.05, 4.69) is 5.32 Å². The van der Waals surface area contributed by atoms with Gasteiger partial charge in [0.25, 0.3) is 5.91 Å². The Kier molecular flexibility index (Phi) is 5.19. The van der Waals surface area contributed by atoms with Crippen LogP contribution in [-0.4, -0.2) is 46.9 Å². The average Bonchev–Trinajstić information content (AvgIpc) is 2.97. The SMILES string of the molecule is CCCC(=O)NC1CCCN(C(=O)c2cc(C(=O)O)co2)C1. The van der Waals surface area contributed by atoms with E-state index in [1.54, 1.807) is 4.90 Å². The lowest BCUT2D eigenvalue weighted by Crippen LogP contribution is -2.49. The number of hydrogen-bond donors (Lipinski definition) is 2. The monoisotopic (exact) mass is 308 g/mol. The number of likely N-dealkylation sites (tertiary alicyclic amines) is 1. The summed E-state index contributed by atoms with van der Waals surface area (Å²) in [7, 11) is 0. The van der Waals surface area contributed by atoms with Gasteiger partial charge < -0.3 is 19.7 Å². The molecule has 0 radical (unpaired) electrons. The normalized spacial score (nSPS) is 18.0. The molecule has 1 unspecified atom stereocenters. The predicted molar refractivity (Wildman–Crippen MR) is 77.6 cm³/mol. The van der Waals surface area contributed by atoms with Gasteiger partial charge >= 0.3 is 5.97 Å². The van der Waals surface area contributed by atoms with Gasteiger partial charge in [-0.3, -0.25) is 9.59 Å². The molecule has 2 N–H and O–H groups in total. The smallest absolute Gasteiger partial charge is 0.338 e. The maximum absolute atomic E-state index is 12.3. The molecule has 7 nitrogen and oxygen atoms in total. The molecule has 7 heteroatoms. The Morgan fingerprint density at radius 2 is 2.23 bits per heavy atom. The van der Waals surface area contributed by atoms with Crippen LogP contribution in [0.1, 0.15) is 53.5 Å². The van der Waals surface area contributed by atoms with Gasteiger partial charge in [0.1, 0.15) is 6.26 Å². The van der Waals surface area contributed by atoms with E-state index in [4.69, 9.17) is 9.52 Å². The molecule has 1 saturated heterocycles.